The molecule has 4 aromatic rings. The van der Waals surface area contributed by atoms with E-state index in [0.29, 0.717) is 33.7 Å². The van der Waals surface area contributed by atoms with Gasteiger partial charge in [0.1, 0.15) is 11.5 Å². The number of benzene rings is 4. The van der Waals surface area contributed by atoms with Gasteiger partial charge in [0.2, 0.25) is 11.8 Å². The van der Waals surface area contributed by atoms with Gasteiger partial charge in [0.25, 0.3) is 0 Å². The molecular formula is C41H32BrNO6. The summed E-state index contributed by atoms with van der Waals surface area (Å²) in [5.74, 6) is -4.50. The highest BCUT2D eigenvalue weighted by molar-refractivity contribution is 9.10. The number of methoxy groups -OCH3 is 1. The number of rotatable bonds is 5. The largest absolute Gasteiger partial charge is 0.508 e. The number of carbonyl (C=O) groups is 4. The average Bonchev–Trinajstić information content (AvgIpc) is 3.39. The molecule has 2 amide bonds. The summed E-state index contributed by atoms with van der Waals surface area (Å²) in [5, 5.41) is 11.6. The number of halogens is 1. The van der Waals surface area contributed by atoms with Gasteiger partial charge < -0.3 is 9.84 Å². The molecule has 1 saturated carbocycles. The lowest BCUT2D eigenvalue weighted by atomic mass is 9.44. The number of aromatic hydroxyl groups is 1. The van der Waals surface area contributed by atoms with Gasteiger partial charge in [0.15, 0.2) is 11.6 Å². The van der Waals surface area contributed by atoms with Crippen LogP contribution >= 0.6 is 15.9 Å². The van der Waals surface area contributed by atoms with Crippen LogP contribution in [0.15, 0.2) is 125 Å². The second kappa shape index (κ2) is 11.8. The predicted molar refractivity (Wildman–Crippen MR) is 188 cm³/mol. The number of allylic oxidation sites excluding steroid dienone is 4. The van der Waals surface area contributed by atoms with Crippen molar-refractivity contribution in [1.82, 2.24) is 0 Å². The number of carbonyl (C=O) groups excluding carboxylic acids is 4. The Morgan fingerprint density at radius 3 is 2.20 bits per heavy atom. The molecule has 0 bridgehead atoms. The van der Waals surface area contributed by atoms with E-state index >= 15 is 9.59 Å². The quantitative estimate of drug-likeness (QED) is 0.174. The highest BCUT2D eigenvalue weighted by atomic mass is 79.9. The molecule has 244 valence electrons. The lowest BCUT2D eigenvalue weighted by molar-refractivity contribution is -0.135. The van der Waals surface area contributed by atoms with Crippen molar-refractivity contribution in [2.45, 2.75) is 24.2 Å². The highest BCUT2D eigenvalue weighted by Gasteiger charge is 2.66. The first-order valence-corrected chi connectivity index (χ1v) is 17.2. The van der Waals surface area contributed by atoms with Gasteiger partial charge in [-0.05, 0) is 72.4 Å². The Kier molecular flexibility index (Phi) is 7.52. The minimum Gasteiger partial charge on any atom is -0.508 e. The first-order valence-electron chi connectivity index (χ1n) is 16.4. The number of imide groups is 1. The number of nitrogens with zero attached hydrogens (tertiary/aromatic N) is 1. The van der Waals surface area contributed by atoms with Gasteiger partial charge in [0.05, 0.1) is 30.0 Å². The van der Waals surface area contributed by atoms with Gasteiger partial charge in [-0.25, -0.2) is 0 Å². The van der Waals surface area contributed by atoms with E-state index in [1.807, 2.05) is 66.7 Å². The van der Waals surface area contributed by atoms with Crippen molar-refractivity contribution >= 4 is 50.6 Å². The van der Waals surface area contributed by atoms with Crippen molar-refractivity contribution in [3.63, 3.8) is 0 Å². The monoisotopic (exact) mass is 713 g/mol. The number of Topliss-reactive ketones (excluding diaryl/α,β-unsaturated/α-hetero) is 1. The Morgan fingerprint density at radius 1 is 0.816 bits per heavy atom. The van der Waals surface area contributed by atoms with Crippen molar-refractivity contribution in [3.8, 4) is 11.5 Å². The lowest BCUT2D eigenvalue weighted by Gasteiger charge is -2.55. The Hall–Kier alpha value is -5.08. The summed E-state index contributed by atoms with van der Waals surface area (Å²) >= 11 is 3.43. The number of anilines is 1. The lowest BCUT2D eigenvalue weighted by Crippen LogP contribution is -2.58. The molecule has 4 aromatic carbocycles. The molecule has 6 unspecified atom stereocenters. The molecular weight excluding hydrogens is 682 g/mol. The topological polar surface area (TPSA) is 101 Å². The maximum Gasteiger partial charge on any atom is 0.238 e. The molecule has 2 fully saturated rings. The normalized spacial score (nSPS) is 27.6. The highest BCUT2D eigenvalue weighted by Crippen LogP contribution is 2.65. The fraction of sp³-hybridized carbons (Fsp3) is 0.220. The van der Waals surface area contributed by atoms with Crippen molar-refractivity contribution in [3.05, 3.63) is 142 Å². The van der Waals surface area contributed by atoms with Crippen LogP contribution in [0.25, 0.3) is 5.57 Å². The zero-order valence-electron chi connectivity index (χ0n) is 26.6. The molecule has 4 aliphatic rings. The minimum absolute atomic E-state index is 0.0783. The summed E-state index contributed by atoms with van der Waals surface area (Å²) in [6, 6.07) is 30.5. The van der Waals surface area contributed by atoms with Crippen LogP contribution in [0.3, 0.4) is 0 Å². The summed E-state index contributed by atoms with van der Waals surface area (Å²) in [4.78, 5) is 60.0. The molecule has 6 atom stereocenters. The number of phenols is 1. The van der Waals surface area contributed by atoms with E-state index < -0.39 is 35.0 Å². The molecule has 49 heavy (non-hydrogen) atoms. The molecule has 3 aliphatic carbocycles. The van der Waals surface area contributed by atoms with Gasteiger partial charge in [0, 0.05) is 27.4 Å². The standard InChI is InChI=1S/C41H32BrNO6/c1-49-33-14-8-13-32(44)36(33)37-27-19-20-28-35(40(48)43(39(28)47)26-17-15-25(42)16-18-26)30(27)21-31-38(46)29(23-9-4-2-5-10-23)22-34(45)41(31,37)24-11-6-3-7-12-24/h2-19,22,28,30-31,35,37,44H,20-21H2,1H3. The smallest absolute Gasteiger partial charge is 0.238 e. The van der Waals surface area contributed by atoms with E-state index in [9.17, 15) is 14.7 Å². The number of hydrogen-bond donors (Lipinski definition) is 1. The predicted octanol–water partition coefficient (Wildman–Crippen LogP) is 7.19. The number of amides is 2. The van der Waals surface area contributed by atoms with E-state index in [0.717, 1.165) is 10.0 Å². The van der Waals surface area contributed by atoms with Gasteiger partial charge in [-0.3, -0.25) is 24.1 Å². The summed E-state index contributed by atoms with van der Waals surface area (Å²) in [5.41, 5.74) is 1.76. The maximum atomic E-state index is 15.1. The van der Waals surface area contributed by atoms with Crippen LogP contribution in [-0.4, -0.2) is 35.6 Å². The second-order valence-electron chi connectivity index (χ2n) is 13.2. The molecule has 1 aliphatic heterocycles. The van der Waals surface area contributed by atoms with Crippen LogP contribution in [0.2, 0.25) is 0 Å². The van der Waals surface area contributed by atoms with Crippen LogP contribution in [0.5, 0.6) is 11.5 Å². The molecule has 0 spiro atoms. The van der Waals surface area contributed by atoms with Crippen molar-refractivity contribution in [2.75, 3.05) is 12.0 Å². The van der Waals surface area contributed by atoms with Crippen LogP contribution in [-0.2, 0) is 24.6 Å². The van der Waals surface area contributed by atoms with E-state index in [4.69, 9.17) is 4.74 Å². The third-order valence-electron chi connectivity index (χ3n) is 11.0. The van der Waals surface area contributed by atoms with Gasteiger partial charge in [-0.15, -0.1) is 0 Å². The van der Waals surface area contributed by atoms with Gasteiger partial charge in [-0.1, -0.05) is 94.3 Å². The molecule has 1 saturated heterocycles. The molecule has 8 heteroatoms. The molecule has 8 rings (SSSR count). The van der Waals surface area contributed by atoms with E-state index in [1.54, 1.807) is 42.5 Å². The van der Waals surface area contributed by atoms with E-state index in [2.05, 4.69) is 15.9 Å². The number of ketones is 2. The zero-order chi connectivity index (χ0) is 34.0. The zero-order valence-corrected chi connectivity index (χ0v) is 28.2. The number of ether oxygens (including phenoxy) is 1. The molecule has 7 nitrogen and oxygen atoms in total. The van der Waals surface area contributed by atoms with Gasteiger partial charge in [-0.2, -0.15) is 0 Å². The summed E-state index contributed by atoms with van der Waals surface area (Å²) < 4.78 is 6.67. The van der Waals surface area contributed by atoms with Crippen LogP contribution in [0.4, 0.5) is 5.69 Å². The van der Waals surface area contributed by atoms with Crippen molar-refractivity contribution in [1.29, 1.82) is 0 Å². The summed E-state index contributed by atoms with van der Waals surface area (Å²) in [7, 11) is 1.51. The van der Waals surface area contributed by atoms with E-state index in [-0.39, 0.29) is 42.0 Å². The Morgan fingerprint density at radius 2 is 1.51 bits per heavy atom. The van der Waals surface area contributed by atoms with Crippen LogP contribution in [0, 0.1) is 23.7 Å². The van der Waals surface area contributed by atoms with Crippen molar-refractivity contribution in [2.24, 2.45) is 23.7 Å². The third-order valence-corrected chi connectivity index (χ3v) is 11.5. The SMILES string of the molecule is COc1cccc(O)c1C1C2=CCC3C(=O)N(c4ccc(Br)cc4)C(=O)C3C2CC2C(=O)C(c3ccccc3)=CC(=O)C21c1ccccc1. The minimum atomic E-state index is -1.46. The molecule has 0 radical (unpaired) electrons. The van der Waals surface area contributed by atoms with Crippen LogP contribution < -0.4 is 9.64 Å². The first-order chi connectivity index (χ1) is 23.8. The molecule has 1 heterocycles. The van der Waals surface area contributed by atoms with Gasteiger partial charge >= 0.3 is 0 Å². The Balaban J connectivity index is 1.38. The summed E-state index contributed by atoms with van der Waals surface area (Å²) in [6.07, 6.45) is 3.90. The van der Waals surface area contributed by atoms with Crippen molar-refractivity contribution < 1.29 is 29.0 Å². The number of hydrogen-bond acceptors (Lipinski definition) is 6. The Bertz CT molecular complexity index is 2090. The summed E-state index contributed by atoms with van der Waals surface area (Å²) in [6.45, 7) is 0. The average molecular weight is 715 g/mol. The second-order valence-corrected chi connectivity index (χ2v) is 14.1. The fourth-order valence-corrected chi connectivity index (χ4v) is 9.30. The first kappa shape index (κ1) is 31.2. The number of fused-ring (bicyclic) bond motifs is 4. The van der Waals surface area contributed by atoms with E-state index in [1.165, 1.54) is 18.1 Å². The van der Waals surface area contributed by atoms with Crippen LogP contribution in [0.1, 0.15) is 35.4 Å². The maximum absolute atomic E-state index is 15.1. The molecule has 0 aromatic heterocycles. The Labute approximate surface area is 292 Å². The molecule has 1 N–H and O–H groups in total. The third kappa shape index (κ3) is 4.53. The fourth-order valence-electron chi connectivity index (χ4n) is 9.03. The number of phenolic OH excluding ortho intramolecular Hbond substituents is 1.